The molecule has 0 amide bonds. The maximum atomic E-state index is 2.45. The summed E-state index contributed by atoms with van der Waals surface area (Å²) in [5.41, 5.74) is 37.3. The summed E-state index contributed by atoms with van der Waals surface area (Å²) in [6.45, 7) is 0. The Balaban J connectivity index is 0.709. The van der Waals surface area contributed by atoms with Gasteiger partial charge in [-0.1, -0.05) is 382 Å². The molecule has 22 aromatic carbocycles. The molecule has 0 bridgehead atoms. The molecule has 0 aliphatic rings. The fraction of sp³-hybridized carbons (Fsp3) is 0. The smallest absolute Gasteiger partial charge is 0.0540 e. The van der Waals surface area contributed by atoms with Gasteiger partial charge in [0.05, 0.1) is 11.4 Å². The molecule has 0 atom stereocenters. The minimum absolute atomic E-state index is 1.02. The highest BCUT2D eigenvalue weighted by atomic mass is 15.2. The quantitative estimate of drug-likeness (QED) is 0.0633. The molecule has 22 aromatic rings. The van der Waals surface area contributed by atoms with Crippen LogP contribution >= 0.6 is 0 Å². The highest BCUT2D eigenvalue weighted by molar-refractivity contribution is 6.01. The molecular weight excluding hydrogens is 1590 g/mol. The van der Waals surface area contributed by atoms with Crippen LogP contribution in [0.3, 0.4) is 0 Å². The molecule has 0 fully saturated rings. The largest absolute Gasteiger partial charge is 0.311 e. The van der Waals surface area contributed by atoms with Gasteiger partial charge in [0.25, 0.3) is 0 Å². The molecule has 0 radical (unpaired) electrons. The van der Waals surface area contributed by atoms with Gasteiger partial charge in [-0.3, -0.25) is 0 Å². The Labute approximate surface area is 772 Å². The van der Waals surface area contributed by atoms with Crippen molar-refractivity contribution >= 4 is 89.8 Å². The predicted molar refractivity (Wildman–Crippen MR) is 560 cm³/mol. The number of benzene rings is 22. The molecular formula is C128H90N4. The number of hydrogen-bond donors (Lipinski definition) is 0. The van der Waals surface area contributed by atoms with E-state index in [1.54, 1.807) is 0 Å². The molecule has 0 aliphatic carbocycles. The van der Waals surface area contributed by atoms with Crippen molar-refractivity contribution in [1.82, 2.24) is 0 Å². The highest BCUT2D eigenvalue weighted by Gasteiger charge is 2.25. The first-order valence-electron chi connectivity index (χ1n) is 45.2. The van der Waals surface area contributed by atoms with Crippen LogP contribution in [0.2, 0.25) is 0 Å². The van der Waals surface area contributed by atoms with Gasteiger partial charge >= 0.3 is 0 Å². The first-order chi connectivity index (χ1) is 65.4. The van der Waals surface area contributed by atoms with E-state index >= 15 is 0 Å². The summed E-state index contributed by atoms with van der Waals surface area (Å²) >= 11 is 0. The van der Waals surface area contributed by atoms with E-state index in [1.165, 1.54) is 54.9 Å². The summed E-state index contributed by atoms with van der Waals surface area (Å²) in [7, 11) is 0. The minimum atomic E-state index is 1.02. The second kappa shape index (κ2) is 36.5. The van der Waals surface area contributed by atoms with E-state index in [-0.39, 0.29) is 0 Å². The molecule has 0 heterocycles. The molecule has 0 saturated carbocycles. The fourth-order valence-electron chi connectivity index (χ4n) is 18.8. The van der Waals surface area contributed by atoms with Crippen LogP contribution in [0.15, 0.2) is 546 Å². The van der Waals surface area contributed by atoms with Crippen LogP contribution in [0.4, 0.5) is 68.2 Å². The molecule has 0 saturated heterocycles. The Bertz CT molecular complexity index is 7370. The zero-order valence-electron chi connectivity index (χ0n) is 72.8. The van der Waals surface area contributed by atoms with Crippen LogP contribution in [0.1, 0.15) is 0 Å². The molecule has 0 unspecified atom stereocenters. The monoisotopic (exact) mass is 1680 g/mol. The Hall–Kier alpha value is -17.4. The van der Waals surface area contributed by atoms with Crippen LogP contribution in [-0.4, -0.2) is 0 Å². The Morgan fingerprint density at radius 1 is 0.0985 bits per heavy atom. The summed E-state index contributed by atoms with van der Waals surface area (Å²) in [6.07, 6.45) is 0. The first kappa shape index (κ1) is 80.4. The summed E-state index contributed by atoms with van der Waals surface area (Å²) in [6, 6.07) is 200. The van der Waals surface area contributed by atoms with Crippen molar-refractivity contribution in [2.75, 3.05) is 19.6 Å². The standard InChI is InChI=1S/C128H90N4/c1-7-28-91(29-8-1)95-52-73-117(74-53-95)131(118-75-54-96(55-76-118)92-30-9-2-10-31-92)127-51-24-23-48-125(127)106-40-25-41-107(86-106)126-90-105(68-85-128(126)132(119-77-56-97(57-78-119)93-32-11-3-12-33-93)120-79-58-98(59-80-120)94-34-13-4-14-35-94)110-88-108(99-60-69-113(70-61-99)129(111-42-15-5-16-43-111)115-81-64-103(65-82-115)123-49-26-38-101-36-19-21-46-121(101)123)87-109(89-110)100-62-71-114(72-63-100)130(112-44-17-6-18-45-112)116-83-66-104(67-84-116)124-50-27-39-102-37-20-22-47-122(102)124/h1-90H. The summed E-state index contributed by atoms with van der Waals surface area (Å²) in [5.74, 6) is 0. The molecule has 0 N–H and O–H groups in total. The van der Waals surface area contributed by atoms with Gasteiger partial charge in [0.2, 0.25) is 0 Å². The molecule has 4 heteroatoms. The second-order valence-electron chi connectivity index (χ2n) is 33.5. The molecule has 4 nitrogen and oxygen atoms in total. The van der Waals surface area contributed by atoms with Gasteiger partial charge in [-0.15, -0.1) is 0 Å². The molecule has 22 rings (SSSR count). The van der Waals surface area contributed by atoms with Crippen molar-refractivity contribution in [3.63, 3.8) is 0 Å². The maximum absolute atomic E-state index is 2.45. The van der Waals surface area contributed by atoms with Crippen LogP contribution in [0, 0.1) is 0 Å². The Morgan fingerprint density at radius 2 is 0.311 bits per heavy atom. The van der Waals surface area contributed by atoms with Gasteiger partial charge in [0, 0.05) is 68.0 Å². The first-order valence-corrected chi connectivity index (χ1v) is 45.2. The van der Waals surface area contributed by atoms with E-state index in [0.29, 0.717) is 0 Å². The normalized spacial score (nSPS) is 11.2. The average molecular weight is 1680 g/mol. The Kier molecular flexibility index (Phi) is 22.2. The molecule has 0 spiro atoms. The molecule has 132 heavy (non-hydrogen) atoms. The molecule has 0 aliphatic heterocycles. The Morgan fingerprint density at radius 3 is 0.667 bits per heavy atom. The summed E-state index contributed by atoms with van der Waals surface area (Å²) in [5, 5.41) is 4.92. The van der Waals surface area contributed by atoms with E-state index in [9.17, 15) is 0 Å². The fourth-order valence-corrected chi connectivity index (χ4v) is 18.8. The van der Waals surface area contributed by atoms with Gasteiger partial charge in [0.15, 0.2) is 0 Å². The van der Waals surface area contributed by atoms with Crippen molar-refractivity contribution in [3.8, 4) is 122 Å². The van der Waals surface area contributed by atoms with Gasteiger partial charge in [-0.05, 0) is 297 Å². The zero-order valence-corrected chi connectivity index (χ0v) is 72.8. The highest BCUT2D eigenvalue weighted by Crippen LogP contribution is 2.50. The summed E-state index contributed by atoms with van der Waals surface area (Å²) in [4.78, 5) is 9.59. The lowest BCUT2D eigenvalue weighted by atomic mass is 9.90. The van der Waals surface area contributed by atoms with Gasteiger partial charge in [-0.2, -0.15) is 0 Å². The van der Waals surface area contributed by atoms with Gasteiger partial charge in [-0.25, -0.2) is 0 Å². The van der Waals surface area contributed by atoms with Gasteiger partial charge in [0.1, 0.15) is 0 Å². The predicted octanol–water partition coefficient (Wildman–Crippen LogP) is 36.2. The van der Waals surface area contributed by atoms with E-state index in [0.717, 1.165) is 157 Å². The van der Waals surface area contributed by atoms with E-state index < -0.39 is 0 Å². The SMILES string of the molecule is c1ccc(-c2ccc(N(c3ccc(-c4ccccc4)cc3)c3ccccc3-c3cccc(-c4cc(-c5cc(-c6ccc(N(c7ccccc7)c7ccc(-c8cccc9ccccc89)cc7)cc6)cc(-c6ccc(N(c7ccccc7)c7ccc(-c8cccc9ccccc89)cc7)cc6)c5)ccc4N(c4ccc(-c5ccccc5)cc4)c4ccc(-c5ccccc5)cc4)c3)cc2)cc1. The third-order valence-electron chi connectivity index (χ3n) is 25.5. The number of nitrogens with zero attached hydrogens (tertiary/aromatic N) is 4. The van der Waals surface area contributed by atoms with Crippen molar-refractivity contribution in [1.29, 1.82) is 0 Å². The number of rotatable bonds is 23. The number of anilines is 12. The third-order valence-corrected chi connectivity index (χ3v) is 25.5. The van der Waals surface area contributed by atoms with E-state index in [1.807, 2.05) is 0 Å². The zero-order chi connectivity index (χ0) is 87.9. The van der Waals surface area contributed by atoms with Crippen LogP contribution in [0.25, 0.3) is 144 Å². The van der Waals surface area contributed by atoms with E-state index in [2.05, 4.69) is 566 Å². The third kappa shape index (κ3) is 16.6. The molecule has 622 valence electrons. The lowest BCUT2D eigenvalue weighted by Crippen LogP contribution is -2.12. The number of para-hydroxylation sites is 3. The lowest BCUT2D eigenvalue weighted by Gasteiger charge is -2.29. The second-order valence-corrected chi connectivity index (χ2v) is 33.5. The maximum Gasteiger partial charge on any atom is 0.0540 e. The van der Waals surface area contributed by atoms with Gasteiger partial charge < -0.3 is 19.6 Å². The number of fused-ring (bicyclic) bond motifs is 2. The van der Waals surface area contributed by atoms with Crippen molar-refractivity contribution in [2.45, 2.75) is 0 Å². The minimum Gasteiger partial charge on any atom is -0.311 e. The van der Waals surface area contributed by atoms with E-state index in [4.69, 9.17) is 0 Å². The topological polar surface area (TPSA) is 13.0 Å². The van der Waals surface area contributed by atoms with Crippen molar-refractivity contribution < 1.29 is 0 Å². The molecule has 0 aromatic heterocycles. The van der Waals surface area contributed by atoms with Crippen molar-refractivity contribution in [2.24, 2.45) is 0 Å². The lowest BCUT2D eigenvalue weighted by molar-refractivity contribution is 1.28. The summed E-state index contributed by atoms with van der Waals surface area (Å²) < 4.78 is 0. The number of hydrogen-bond acceptors (Lipinski definition) is 4. The van der Waals surface area contributed by atoms with Crippen LogP contribution in [0.5, 0.6) is 0 Å². The van der Waals surface area contributed by atoms with Crippen molar-refractivity contribution in [3.05, 3.63) is 546 Å². The average Bonchev–Trinajstić information content (AvgIpc) is 0.729. The van der Waals surface area contributed by atoms with Crippen LogP contribution in [-0.2, 0) is 0 Å². The van der Waals surface area contributed by atoms with Crippen LogP contribution < -0.4 is 19.6 Å².